The van der Waals surface area contributed by atoms with E-state index in [1.807, 2.05) is 12.1 Å². The van der Waals surface area contributed by atoms with Gasteiger partial charge in [-0.3, -0.25) is 0 Å². The van der Waals surface area contributed by atoms with Crippen molar-refractivity contribution in [1.29, 1.82) is 0 Å². The third-order valence-electron chi connectivity index (χ3n) is 5.05. The minimum atomic E-state index is 0.412. The van der Waals surface area contributed by atoms with Crippen LogP contribution >= 0.6 is 0 Å². The van der Waals surface area contributed by atoms with Gasteiger partial charge in [0.15, 0.2) is 5.82 Å². The van der Waals surface area contributed by atoms with E-state index < -0.39 is 0 Å². The number of unbranched alkanes of at least 4 members (excludes halogenated alkanes) is 1. The molecule has 2 heterocycles. The van der Waals surface area contributed by atoms with Crippen LogP contribution in [0.25, 0.3) is 11.0 Å². The summed E-state index contributed by atoms with van der Waals surface area (Å²) in [5.41, 5.74) is 10.2. The lowest BCUT2D eigenvalue weighted by Crippen LogP contribution is -2.09. The van der Waals surface area contributed by atoms with Gasteiger partial charge in [-0.1, -0.05) is 39.3 Å². The summed E-state index contributed by atoms with van der Waals surface area (Å²) in [5, 5.41) is 8.63. The van der Waals surface area contributed by atoms with E-state index in [2.05, 4.69) is 47.7 Å². The second-order valence-corrected chi connectivity index (χ2v) is 7.73. The molecule has 6 nitrogen and oxygen atoms in total. The van der Waals surface area contributed by atoms with E-state index in [1.54, 1.807) is 7.11 Å². The Morgan fingerprint density at radius 1 is 1.11 bits per heavy atom. The molecule has 3 aromatic rings. The maximum Gasteiger partial charge on any atom is 0.174 e. The molecule has 28 heavy (non-hydrogen) atoms. The molecule has 150 valence electrons. The number of aryl methyl sites for hydroxylation is 2. The maximum absolute atomic E-state index is 6.16. The highest BCUT2D eigenvalue weighted by molar-refractivity contribution is 5.86. The highest BCUT2D eigenvalue weighted by Crippen LogP contribution is 2.26. The summed E-state index contributed by atoms with van der Waals surface area (Å²) >= 11 is 0. The van der Waals surface area contributed by atoms with E-state index in [1.165, 1.54) is 5.56 Å². The molecule has 0 saturated carbocycles. The monoisotopic (exact) mass is 381 g/mol. The number of aromatic nitrogens is 4. The van der Waals surface area contributed by atoms with Crippen LogP contribution in [0.15, 0.2) is 24.3 Å². The molecule has 2 N–H and O–H groups in total. The van der Waals surface area contributed by atoms with Gasteiger partial charge in [-0.25, -0.2) is 4.98 Å². The van der Waals surface area contributed by atoms with Crippen molar-refractivity contribution in [2.24, 2.45) is 5.92 Å². The van der Waals surface area contributed by atoms with Crippen molar-refractivity contribution < 1.29 is 4.74 Å². The molecular weight excluding hydrogens is 350 g/mol. The summed E-state index contributed by atoms with van der Waals surface area (Å²) in [5.74, 6) is 2.93. The van der Waals surface area contributed by atoms with Gasteiger partial charge in [-0.2, -0.15) is 5.10 Å². The molecule has 1 aromatic carbocycles. The standard InChI is InChI=1S/C22H31N5O/c1-5-6-7-19-24-20-21(18(13-8-15(2)3)25-26-22(20)23)27(19)14-16-9-11-17(28-4)12-10-16/h9-12,15H,5-8,13-14H2,1-4H3,(H2,23,26). The lowest BCUT2D eigenvalue weighted by molar-refractivity contribution is 0.414. The smallest absolute Gasteiger partial charge is 0.174 e. The Morgan fingerprint density at radius 3 is 2.50 bits per heavy atom. The topological polar surface area (TPSA) is 78.9 Å². The first-order valence-electron chi connectivity index (χ1n) is 10.2. The quantitative estimate of drug-likeness (QED) is 0.594. The molecular formula is C22H31N5O. The number of fused-ring (bicyclic) bond motifs is 1. The number of nitrogens with zero attached hydrogens (tertiary/aromatic N) is 4. The van der Waals surface area contributed by atoms with Crippen LogP contribution in [0.4, 0.5) is 5.82 Å². The van der Waals surface area contributed by atoms with Crippen LogP contribution in [-0.4, -0.2) is 26.9 Å². The summed E-state index contributed by atoms with van der Waals surface area (Å²) in [4.78, 5) is 4.88. The van der Waals surface area contributed by atoms with Crippen molar-refractivity contribution in [1.82, 2.24) is 19.7 Å². The van der Waals surface area contributed by atoms with Gasteiger partial charge in [0.2, 0.25) is 0 Å². The number of anilines is 1. The Hall–Kier alpha value is -2.63. The first-order chi connectivity index (χ1) is 13.5. The Labute approximate surface area is 167 Å². The summed E-state index contributed by atoms with van der Waals surface area (Å²) in [7, 11) is 1.68. The summed E-state index contributed by atoms with van der Waals surface area (Å²) in [6.45, 7) is 7.38. The first kappa shape index (κ1) is 20.1. The van der Waals surface area contributed by atoms with Gasteiger partial charge in [0.05, 0.1) is 18.3 Å². The van der Waals surface area contributed by atoms with Crippen molar-refractivity contribution in [2.75, 3.05) is 12.8 Å². The normalized spacial score (nSPS) is 11.5. The molecule has 6 heteroatoms. The van der Waals surface area contributed by atoms with E-state index in [4.69, 9.17) is 15.5 Å². The van der Waals surface area contributed by atoms with E-state index in [0.29, 0.717) is 11.7 Å². The SMILES string of the molecule is CCCCc1nc2c(N)nnc(CCC(C)C)c2n1Cc1ccc(OC)cc1. The second-order valence-electron chi connectivity index (χ2n) is 7.73. The molecule has 0 aliphatic carbocycles. The Morgan fingerprint density at radius 2 is 1.86 bits per heavy atom. The predicted molar refractivity (Wildman–Crippen MR) is 114 cm³/mol. The average Bonchev–Trinajstić information content (AvgIpc) is 3.05. The highest BCUT2D eigenvalue weighted by Gasteiger charge is 2.19. The Balaban J connectivity index is 2.07. The van der Waals surface area contributed by atoms with E-state index in [9.17, 15) is 0 Å². The highest BCUT2D eigenvalue weighted by atomic mass is 16.5. The van der Waals surface area contributed by atoms with Crippen LogP contribution in [0, 0.1) is 5.92 Å². The summed E-state index contributed by atoms with van der Waals surface area (Å²) < 4.78 is 7.57. The fourth-order valence-corrected chi connectivity index (χ4v) is 3.38. The van der Waals surface area contributed by atoms with E-state index in [-0.39, 0.29) is 0 Å². The number of imidazole rings is 1. The summed E-state index contributed by atoms with van der Waals surface area (Å²) in [6.07, 6.45) is 5.07. The zero-order valence-electron chi connectivity index (χ0n) is 17.4. The van der Waals surface area contributed by atoms with Crippen LogP contribution in [-0.2, 0) is 19.4 Å². The molecule has 0 saturated heterocycles. The number of ether oxygens (including phenoxy) is 1. The van der Waals surface area contributed by atoms with Crippen LogP contribution in [0.5, 0.6) is 5.75 Å². The maximum atomic E-state index is 6.16. The van der Waals surface area contributed by atoms with E-state index in [0.717, 1.165) is 67.0 Å². The Kier molecular flexibility index (Phi) is 6.49. The van der Waals surface area contributed by atoms with Crippen molar-refractivity contribution >= 4 is 16.9 Å². The van der Waals surface area contributed by atoms with Crippen LogP contribution < -0.4 is 10.5 Å². The van der Waals surface area contributed by atoms with Crippen molar-refractivity contribution in [3.63, 3.8) is 0 Å². The molecule has 0 amide bonds. The largest absolute Gasteiger partial charge is 0.497 e. The van der Waals surface area contributed by atoms with Gasteiger partial charge < -0.3 is 15.0 Å². The van der Waals surface area contributed by atoms with Crippen molar-refractivity contribution in [3.8, 4) is 5.75 Å². The molecule has 0 aliphatic rings. The second kappa shape index (κ2) is 9.04. The van der Waals surface area contributed by atoms with Gasteiger partial charge in [0.25, 0.3) is 0 Å². The van der Waals surface area contributed by atoms with Crippen molar-refractivity contribution in [2.45, 2.75) is 59.4 Å². The molecule has 0 fully saturated rings. The fourth-order valence-electron chi connectivity index (χ4n) is 3.38. The number of benzene rings is 1. The first-order valence-corrected chi connectivity index (χ1v) is 10.2. The van der Waals surface area contributed by atoms with E-state index >= 15 is 0 Å². The minimum Gasteiger partial charge on any atom is -0.497 e. The lowest BCUT2D eigenvalue weighted by Gasteiger charge is -2.12. The van der Waals surface area contributed by atoms with Crippen LogP contribution in [0.1, 0.15) is 57.1 Å². The third-order valence-corrected chi connectivity index (χ3v) is 5.05. The molecule has 0 unspecified atom stereocenters. The van der Waals surface area contributed by atoms with Gasteiger partial charge in [0, 0.05) is 13.0 Å². The lowest BCUT2D eigenvalue weighted by atomic mass is 10.1. The van der Waals surface area contributed by atoms with Gasteiger partial charge >= 0.3 is 0 Å². The molecule has 3 rings (SSSR count). The zero-order chi connectivity index (χ0) is 20.1. The van der Waals surface area contributed by atoms with Crippen LogP contribution in [0.3, 0.4) is 0 Å². The van der Waals surface area contributed by atoms with Gasteiger partial charge in [-0.05, 0) is 42.9 Å². The number of methoxy groups -OCH3 is 1. The molecule has 0 bridgehead atoms. The Bertz CT molecular complexity index is 915. The summed E-state index contributed by atoms with van der Waals surface area (Å²) in [6, 6.07) is 8.18. The molecule has 0 spiro atoms. The van der Waals surface area contributed by atoms with Crippen LogP contribution in [0.2, 0.25) is 0 Å². The van der Waals surface area contributed by atoms with Gasteiger partial charge in [-0.15, -0.1) is 5.10 Å². The molecule has 0 radical (unpaired) electrons. The number of hydrogen-bond donors (Lipinski definition) is 1. The fraction of sp³-hybridized carbons (Fsp3) is 0.500. The molecule has 0 aliphatic heterocycles. The van der Waals surface area contributed by atoms with Crippen molar-refractivity contribution in [3.05, 3.63) is 41.3 Å². The number of rotatable bonds is 9. The number of nitrogen functional groups attached to an aromatic ring is 1. The molecule has 2 aromatic heterocycles. The minimum absolute atomic E-state index is 0.412. The average molecular weight is 382 g/mol. The number of hydrogen-bond acceptors (Lipinski definition) is 5. The number of nitrogens with two attached hydrogens (primary N) is 1. The van der Waals surface area contributed by atoms with Gasteiger partial charge in [0.1, 0.15) is 17.1 Å². The zero-order valence-corrected chi connectivity index (χ0v) is 17.4. The predicted octanol–water partition coefficient (Wildman–Crippen LogP) is 4.40. The third kappa shape index (κ3) is 4.43. The molecule has 0 atom stereocenters.